The third kappa shape index (κ3) is 3.28. The number of hydrogen-bond donors (Lipinski definition) is 0. The first-order valence-electron chi connectivity index (χ1n) is 7.85. The molecule has 110 valence electrons. The van der Waals surface area contributed by atoms with E-state index in [4.69, 9.17) is 0 Å². The normalized spacial score (nSPS) is 11.4. The Morgan fingerprint density at radius 1 is 0.591 bits per heavy atom. The molecule has 0 atom stereocenters. The Kier molecular flexibility index (Phi) is 4.11. The highest BCUT2D eigenvalue weighted by atomic mass is 14.2. The van der Waals surface area contributed by atoms with Crippen molar-refractivity contribution in [2.45, 2.75) is 25.7 Å². The summed E-state index contributed by atoms with van der Waals surface area (Å²) in [5, 5.41) is 0. The van der Waals surface area contributed by atoms with E-state index in [2.05, 4.69) is 98.8 Å². The standard InChI is InChI=1S/C22H22/c1-22(2,21-11-7-4-8-12-21)17-18-13-15-20(16-14-18)19-9-5-3-6-10-19/h3-16H,17H2,1-2H3. The monoisotopic (exact) mass is 286 g/mol. The topological polar surface area (TPSA) is 0 Å². The molecule has 0 N–H and O–H groups in total. The minimum atomic E-state index is 0.148. The van der Waals surface area contributed by atoms with Crippen LogP contribution < -0.4 is 0 Å². The van der Waals surface area contributed by atoms with Crippen LogP contribution in [0.3, 0.4) is 0 Å². The van der Waals surface area contributed by atoms with Crippen molar-refractivity contribution >= 4 is 0 Å². The van der Waals surface area contributed by atoms with Gasteiger partial charge in [-0.1, -0.05) is 98.8 Å². The summed E-state index contributed by atoms with van der Waals surface area (Å²) in [7, 11) is 0. The van der Waals surface area contributed by atoms with Crippen molar-refractivity contribution in [1.82, 2.24) is 0 Å². The van der Waals surface area contributed by atoms with Gasteiger partial charge in [-0.2, -0.15) is 0 Å². The molecule has 22 heavy (non-hydrogen) atoms. The first-order valence-corrected chi connectivity index (χ1v) is 7.85. The zero-order valence-electron chi connectivity index (χ0n) is 13.3. The smallest absolute Gasteiger partial charge is 0.00632 e. The molecule has 0 bridgehead atoms. The van der Waals surface area contributed by atoms with Crippen LogP contribution in [0.4, 0.5) is 0 Å². The van der Waals surface area contributed by atoms with Gasteiger partial charge in [0.1, 0.15) is 0 Å². The molecule has 0 nitrogen and oxygen atoms in total. The second-order valence-electron chi connectivity index (χ2n) is 6.49. The van der Waals surface area contributed by atoms with E-state index in [0.29, 0.717) is 0 Å². The highest BCUT2D eigenvalue weighted by Crippen LogP contribution is 2.28. The van der Waals surface area contributed by atoms with Crippen molar-refractivity contribution in [2.75, 3.05) is 0 Å². The van der Waals surface area contributed by atoms with Gasteiger partial charge >= 0.3 is 0 Å². The highest BCUT2D eigenvalue weighted by Gasteiger charge is 2.20. The van der Waals surface area contributed by atoms with Gasteiger partial charge in [0, 0.05) is 0 Å². The van der Waals surface area contributed by atoms with Crippen LogP contribution in [0.15, 0.2) is 84.9 Å². The third-order valence-corrected chi connectivity index (χ3v) is 4.26. The third-order valence-electron chi connectivity index (χ3n) is 4.26. The van der Waals surface area contributed by atoms with Crippen molar-refractivity contribution in [3.8, 4) is 11.1 Å². The second kappa shape index (κ2) is 6.19. The minimum absolute atomic E-state index is 0.148. The van der Waals surface area contributed by atoms with Gasteiger partial charge in [0.2, 0.25) is 0 Å². The van der Waals surface area contributed by atoms with E-state index in [-0.39, 0.29) is 5.41 Å². The van der Waals surface area contributed by atoms with Gasteiger partial charge in [-0.25, -0.2) is 0 Å². The zero-order valence-corrected chi connectivity index (χ0v) is 13.3. The molecule has 0 aromatic heterocycles. The van der Waals surface area contributed by atoms with Crippen LogP contribution in [0.2, 0.25) is 0 Å². The van der Waals surface area contributed by atoms with Crippen molar-refractivity contribution in [1.29, 1.82) is 0 Å². The molecule has 0 amide bonds. The van der Waals surface area contributed by atoms with Gasteiger partial charge in [-0.05, 0) is 34.1 Å². The Balaban J connectivity index is 1.79. The summed E-state index contributed by atoms with van der Waals surface area (Å²) < 4.78 is 0. The van der Waals surface area contributed by atoms with Crippen molar-refractivity contribution < 1.29 is 0 Å². The Morgan fingerprint density at radius 3 is 1.68 bits per heavy atom. The van der Waals surface area contributed by atoms with E-state index in [1.165, 1.54) is 22.3 Å². The van der Waals surface area contributed by atoms with E-state index < -0.39 is 0 Å². The van der Waals surface area contributed by atoms with E-state index >= 15 is 0 Å². The largest absolute Gasteiger partial charge is 0.0622 e. The molecule has 0 radical (unpaired) electrons. The zero-order chi connectivity index (χ0) is 15.4. The lowest BCUT2D eigenvalue weighted by atomic mass is 9.79. The predicted molar refractivity (Wildman–Crippen MR) is 95.1 cm³/mol. The van der Waals surface area contributed by atoms with Crippen LogP contribution in [-0.2, 0) is 11.8 Å². The molecule has 0 aliphatic carbocycles. The fourth-order valence-corrected chi connectivity index (χ4v) is 2.95. The van der Waals surface area contributed by atoms with E-state index in [1.54, 1.807) is 0 Å². The second-order valence-corrected chi connectivity index (χ2v) is 6.49. The summed E-state index contributed by atoms with van der Waals surface area (Å²) in [6.07, 6.45) is 1.05. The van der Waals surface area contributed by atoms with E-state index in [1.807, 2.05) is 0 Å². The van der Waals surface area contributed by atoms with Crippen LogP contribution in [0.5, 0.6) is 0 Å². The van der Waals surface area contributed by atoms with Crippen LogP contribution in [0.1, 0.15) is 25.0 Å². The maximum Gasteiger partial charge on any atom is -0.00632 e. The molecule has 0 heterocycles. The van der Waals surface area contributed by atoms with Gasteiger partial charge in [0.25, 0.3) is 0 Å². The van der Waals surface area contributed by atoms with Gasteiger partial charge in [0.05, 0.1) is 0 Å². The van der Waals surface area contributed by atoms with Crippen LogP contribution >= 0.6 is 0 Å². The van der Waals surface area contributed by atoms with Gasteiger partial charge < -0.3 is 0 Å². The minimum Gasteiger partial charge on any atom is -0.0622 e. The fourth-order valence-electron chi connectivity index (χ4n) is 2.95. The summed E-state index contributed by atoms with van der Waals surface area (Å²) >= 11 is 0. The lowest BCUT2D eigenvalue weighted by Gasteiger charge is -2.25. The van der Waals surface area contributed by atoms with Gasteiger partial charge in [0.15, 0.2) is 0 Å². The SMILES string of the molecule is CC(C)(Cc1ccc(-c2ccccc2)cc1)c1ccccc1. The Labute approximate surface area is 133 Å². The summed E-state index contributed by atoms with van der Waals surface area (Å²) in [5.41, 5.74) is 5.48. The average molecular weight is 286 g/mol. The number of benzene rings is 3. The van der Waals surface area contributed by atoms with Crippen LogP contribution in [0.25, 0.3) is 11.1 Å². The van der Waals surface area contributed by atoms with Gasteiger partial charge in [-0.15, -0.1) is 0 Å². The van der Waals surface area contributed by atoms with Crippen molar-refractivity contribution in [2.24, 2.45) is 0 Å². The van der Waals surface area contributed by atoms with E-state index in [0.717, 1.165) is 6.42 Å². The number of hydrogen-bond acceptors (Lipinski definition) is 0. The first-order chi connectivity index (χ1) is 10.6. The molecule has 0 saturated heterocycles. The predicted octanol–water partition coefficient (Wildman–Crippen LogP) is 5.87. The summed E-state index contributed by atoms with van der Waals surface area (Å²) in [6.45, 7) is 4.63. The molecule has 0 heteroatoms. The maximum absolute atomic E-state index is 2.31. The molecule has 0 unspecified atom stereocenters. The Hall–Kier alpha value is -2.34. The molecule has 0 aliphatic rings. The molecule has 0 spiro atoms. The van der Waals surface area contributed by atoms with E-state index in [9.17, 15) is 0 Å². The lowest BCUT2D eigenvalue weighted by Crippen LogP contribution is -2.20. The molecule has 0 fully saturated rings. The molecular formula is C22H22. The molecular weight excluding hydrogens is 264 g/mol. The Morgan fingerprint density at radius 2 is 1.09 bits per heavy atom. The average Bonchev–Trinajstić information content (AvgIpc) is 2.57. The first kappa shape index (κ1) is 14.6. The molecule has 3 aromatic carbocycles. The quantitative estimate of drug-likeness (QED) is 0.562. The molecule has 0 aliphatic heterocycles. The summed E-state index contributed by atoms with van der Waals surface area (Å²) in [5.74, 6) is 0. The van der Waals surface area contributed by atoms with Crippen molar-refractivity contribution in [3.05, 3.63) is 96.1 Å². The molecule has 3 rings (SSSR count). The maximum atomic E-state index is 2.31. The van der Waals surface area contributed by atoms with Crippen LogP contribution in [-0.4, -0.2) is 0 Å². The van der Waals surface area contributed by atoms with Crippen LogP contribution in [0, 0.1) is 0 Å². The fraction of sp³-hybridized carbons (Fsp3) is 0.182. The Bertz CT molecular complexity index is 707. The molecule has 3 aromatic rings. The molecule has 0 saturated carbocycles. The van der Waals surface area contributed by atoms with Gasteiger partial charge in [-0.3, -0.25) is 0 Å². The lowest BCUT2D eigenvalue weighted by molar-refractivity contribution is 0.522. The highest BCUT2D eigenvalue weighted by molar-refractivity contribution is 5.63. The number of rotatable bonds is 4. The summed E-state index contributed by atoms with van der Waals surface area (Å²) in [4.78, 5) is 0. The summed E-state index contributed by atoms with van der Waals surface area (Å²) in [6, 6.07) is 30.3. The van der Waals surface area contributed by atoms with Crippen molar-refractivity contribution in [3.63, 3.8) is 0 Å².